The van der Waals surface area contributed by atoms with E-state index in [-0.39, 0.29) is 10.8 Å². The highest BCUT2D eigenvalue weighted by molar-refractivity contribution is 7.90. The standard InChI is InChI=1S/C18H26N4O3S/c1-22(14-10-12-19-13-14)17(23)9-3-2-6-11-20-18-15-7-4-5-8-16(15)26(24,25)21-18/h4-5,7-8,14,19H,2-3,6,9-13H2,1H3,(H,20,21). The van der Waals surface area contributed by atoms with Gasteiger partial charge in [-0.2, -0.15) is 0 Å². The van der Waals surface area contributed by atoms with Crippen LogP contribution in [0.1, 0.15) is 37.7 Å². The van der Waals surface area contributed by atoms with Gasteiger partial charge in [0.05, 0.1) is 4.90 Å². The Morgan fingerprint density at radius 3 is 2.85 bits per heavy atom. The molecule has 8 heteroatoms. The highest BCUT2D eigenvalue weighted by Gasteiger charge is 2.29. The summed E-state index contributed by atoms with van der Waals surface area (Å²) in [5, 5.41) is 3.27. The number of hydrogen-bond acceptors (Lipinski definition) is 5. The average Bonchev–Trinajstić information content (AvgIpc) is 3.24. The number of carbonyl (C=O) groups is 1. The molecule has 0 saturated carbocycles. The van der Waals surface area contributed by atoms with Crippen LogP contribution in [0.5, 0.6) is 0 Å². The first-order chi connectivity index (χ1) is 12.5. The van der Waals surface area contributed by atoms with Crippen molar-refractivity contribution in [1.82, 2.24) is 14.9 Å². The van der Waals surface area contributed by atoms with Crippen LogP contribution in [0.15, 0.2) is 34.2 Å². The van der Waals surface area contributed by atoms with Crippen LogP contribution in [0.3, 0.4) is 0 Å². The molecule has 2 aliphatic rings. The number of rotatable bonds is 7. The number of sulfonamides is 1. The average molecular weight is 378 g/mol. The highest BCUT2D eigenvalue weighted by atomic mass is 32.2. The molecule has 142 valence electrons. The minimum absolute atomic E-state index is 0.197. The lowest BCUT2D eigenvalue weighted by Crippen LogP contribution is -2.38. The summed E-state index contributed by atoms with van der Waals surface area (Å²) >= 11 is 0. The van der Waals surface area contributed by atoms with Crippen molar-refractivity contribution in [3.05, 3.63) is 29.8 Å². The van der Waals surface area contributed by atoms with E-state index in [0.717, 1.165) is 38.8 Å². The molecule has 0 spiro atoms. The first-order valence-corrected chi connectivity index (χ1v) is 10.6. The molecule has 1 atom stereocenters. The summed E-state index contributed by atoms with van der Waals surface area (Å²) in [6.45, 7) is 2.41. The fraction of sp³-hybridized carbons (Fsp3) is 0.556. The molecule has 1 saturated heterocycles. The maximum Gasteiger partial charge on any atom is 0.263 e. The number of amidine groups is 1. The number of fused-ring (bicyclic) bond motifs is 1. The van der Waals surface area contributed by atoms with Gasteiger partial charge in [0, 0.05) is 38.2 Å². The molecule has 2 heterocycles. The Bertz CT molecular complexity index is 785. The van der Waals surface area contributed by atoms with Gasteiger partial charge in [0.2, 0.25) is 5.91 Å². The second-order valence-corrected chi connectivity index (χ2v) is 8.44. The zero-order chi connectivity index (χ0) is 18.6. The van der Waals surface area contributed by atoms with Crippen LogP contribution >= 0.6 is 0 Å². The Labute approximate surface area is 154 Å². The first kappa shape index (κ1) is 18.8. The molecule has 0 aromatic heterocycles. The van der Waals surface area contributed by atoms with E-state index in [1.54, 1.807) is 24.3 Å². The quantitative estimate of drug-likeness (QED) is 0.696. The molecular formula is C18H26N4O3S. The van der Waals surface area contributed by atoms with Crippen molar-refractivity contribution >= 4 is 21.8 Å². The van der Waals surface area contributed by atoms with Crippen LogP contribution in [0.4, 0.5) is 0 Å². The normalized spacial score (nSPS) is 22.2. The Balaban J connectivity index is 1.41. The largest absolute Gasteiger partial charge is 0.341 e. The van der Waals surface area contributed by atoms with E-state index in [2.05, 4.69) is 15.0 Å². The summed E-state index contributed by atoms with van der Waals surface area (Å²) in [7, 11) is -1.58. The monoisotopic (exact) mass is 378 g/mol. The number of nitrogens with one attached hydrogen (secondary N) is 2. The number of benzene rings is 1. The molecule has 2 aliphatic heterocycles. The van der Waals surface area contributed by atoms with E-state index in [4.69, 9.17) is 0 Å². The van der Waals surface area contributed by atoms with Crippen LogP contribution in [0, 0.1) is 0 Å². The van der Waals surface area contributed by atoms with Crippen molar-refractivity contribution in [2.24, 2.45) is 4.99 Å². The molecular weight excluding hydrogens is 352 g/mol. The summed E-state index contributed by atoms with van der Waals surface area (Å²) in [5.74, 6) is 0.618. The van der Waals surface area contributed by atoms with Crippen molar-refractivity contribution in [2.75, 3.05) is 26.7 Å². The molecule has 0 radical (unpaired) electrons. The van der Waals surface area contributed by atoms with Gasteiger partial charge >= 0.3 is 0 Å². The topological polar surface area (TPSA) is 90.9 Å². The minimum atomic E-state index is -3.47. The van der Waals surface area contributed by atoms with Gasteiger partial charge in [-0.1, -0.05) is 18.6 Å². The lowest BCUT2D eigenvalue weighted by molar-refractivity contribution is -0.131. The van der Waals surface area contributed by atoms with Crippen LogP contribution in [0.2, 0.25) is 0 Å². The minimum Gasteiger partial charge on any atom is -0.341 e. The van der Waals surface area contributed by atoms with Crippen molar-refractivity contribution in [3.63, 3.8) is 0 Å². The molecule has 0 aliphatic carbocycles. The third-order valence-corrected chi connectivity index (χ3v) is 6.35. The molecule has 0 bridgehead atoms. The SMILES string of the molecule is CN(C(=O)CCCCCN=C1NS(=O)(=O)c2ccccc21)C1CCNC1. The maximum absolute atomic E-state index is 12.2. The van der Waals surface area contributed by atoms with Gasteiger partial charge in [0.25, 0.3) is 10.0 Å². The summed E-state index contributed by atoms with van der Waals surface area (Å²) < 4.78 is 26.5. The Hall–Kier alpha value is -1.93. The molecule has 1 aromatic carbocycles. The van der Waals surface area contributed by atoms with E-state index >= 15 is 0 Å². The second kappa shape index (κ2) is 8.18. The van der Waals surface area contributed by atoms with Crippen molar-refractivity contribution in [1.29, 1.82) is 0 Å². The Morgan fingerprint density at radius 1 is 1.27 bits per heavy atom. The fourth-order valence-electron chi connectivity index (χ4n) is 3.36. The molecule has 1 unspecified atom stereocenters. The second-order valence-electron chi connectivity index (χ2n) is 6.79. The Morgan fingerprint density at radius 2 is 2.08 bits per heavy atom. The number of unbranched alkanes of at least 4 members (excludes halogenated alkanes) is 2. The Kier molecular flexibility index (Phi) is 5.93. The summed E-state index contributed by atoms with van der Waals surface area (Å²) in [6, 6.07) is 7.18. The molecule has 2 N–H and O–H groups in total. The molecule has 7 nitrogen and oxygen atoms in total. The number of amides is 1. The molecule has 26 heavy (non-hydrogen) atoms. The lowest BCUT2D eigenvalue weighted by Gasteiger charge is -2.23. The number of carbonyl (C=O) groups excluding carboxylic acids is 1. The summed E-state index contributed by atoms with van der Waals surface area (Å²) in [4.78, 5) is 18.7. The van der Waals surface area contributed by atoms with Crippen LogP contribution in [-0.4, -0.2) is 57.8 Å². The van der Waals surface area contributed by atoms with Gasteiger partial charge in [-0.15, -0.1) is 0 Å². The van der Waals surface area contributed by atoms with E-state index in [9.17, 15) is 13.2 Å². The predicted octanol–water partition coefficient (Wildman–Crippen LogP) is 1.11. The number of aliphatic imine (C=N–C) groups is 1. The van der Waals surface area contributed by atoms with E-state index in [0.29, 0.717) is 30.4 Å². The smallest absolute Gasteiger partial charge is 0.263 e. The van der Waals surface area contributed by atoms with Crippen molar-refractivity contribution in [2.45, 2.75) is 43.0 Å². The van der Waals surface area contributed by atoms with Gasteiger partial charge in [-0.25, -0.2) is 8.42 Å². The summed E-state index contributed by atoms with van der Waals surface area (Å²) in [6.07, 6.45) is 4.13. The zero-order valence-corrected chi connectivity index (χ0v) is 15.9. The molecule has 1 amide bonds. The third kappa shape index (κ3) is 4.24. The fourth-order valence-corrected chi connectivity index (χ4v) is 4.61. The van der Waals surface area contributed by atoms with E-state index < -0.39 is 10.0 Å². The van der Waals surface area contributed by atoms with Gasteiger partial charge < -0.3 is 10.2 Å². The summed E-state index contributed by atoms with van der Waals surface area (Å²) in [5.41, 5.74) is 0.634. The van der Waals surface area contributed by atoms with Gasteiger partial charge in [0.15, 0.2) is 0 Å². The van der Waals surface area contributed by atoms with Gasteiger partial charge in [-0.05, 0) is 37.9 Å². The third-order valence-electron chi connectivity index (χ3n) is 4.96. The number of likely N-dealkylation sites (N-methyl/N-ethyl adjacent to an activating group) is 1. The van der Waals surface area contributed by atoms with Crippen LogP contribution in [0.25, 0.3) is 0 Å². The molecule has 3 rings (SSSR count). The van der Waals surface area contributed by atoms with Crippen LogP contribution < -0.4 is 10.0 Å². The predicted molar refractivity (Wildman–Crippen MR) is 101 cm³/mol. The van der Waals surface area contributed by atoms with Gasteiger partial charge in [0.1, 0.15) is 5.84 Å². The van der Waals surface area contributed by atoms with Crippen molar-refractivity contribution in [3.8, 4) is 0 Å². The van der Waals surface area contributed by atoms with E-state index in [1.807, 2.05) is 11.9 Å². The number of nitrogens with zero attached hydrogens (tertiary/aromatic N) is 2. The molecule has 1 aromatic rings. The van der Waals surface area contributed by atoms with Gasteiger partial charge in [-0.3, -0.25) is 14.5 Å². The highest BCUT2D eigenvalue weighted by Crippen LogP contribution is 2.22. The number of hydrogen-bond donors (Lipinski definition) is 2. The first-order valence-electron chi connectivity index (χ1n) is 9.12. The molecule has 1 fully saturated rings. The lowest BCUT2D eigenvalue weighted by atomic mass is 10.1. The maximum atomic E-state index is 12.2. The zero-order valence-electron chi connectivity index (χ0n) is 15.1. The van der Waals surface area contributed by atoms with Crippen molar-refractivity contribution < 1.29 is 13.2 Å². The van der Waals surface area contributed by atoms with E-state index in [1.165, 1.54) is 0 Å². The van der Waals surface area contributed by atoms with Crippen LogP contribution in [-0.2, 0) is 14.8 Å².